The second kappa shape index (κ2) is 6.43. The van der Waals surface area contributed by atoms with Crippen molar-refractivity contribution in [3.05, 3.63) is 0 Å². The molecule has 1 heterocycles. The van der Waals surface area contributed by atoms with Crippen LogP contribution in [0.3, 0.4) is 0 Å². The Hall–Kier alpha value is 0.690. The van der Waals surface area contributed by atoms with Gasteiger partial charge in [-0.05, 0) is 32.1 Å². The van der Waals surface area contributed by atoms with Crippen molar-refractivity contribution < 1.29 is 28.5 Å². The van der Waals surface area contributed by atoms with Crippen molar-refractivity contribution in [3.8, 4) is 0 Å². The molecule has 1 aliphatic heterocycles. The topological polar surface area (TPSA) is 0 Å². The fraction of sp³-hybridized carbons (Fsp3) is 1.00. The summed E-state index contributed by atoms with van der Waals surface area (Å²) in [6.45, 7) is 4.40. The van der Waals surface area contributed by atoms with Gasteiger partial charge in [-0.25, -0.2) is 0 Å². The number of hydrogen-bond donors (Lipinski definition) is 0. The van der Waals surface area contributed by atoms with E-state index in [1.165, 1.54) is 75.5 Å². The Morgan fingerprint density at radius 2 is 1.40 bits per heavy atom. The first-order chi connectivity index (χ1) is 6.79. The van der Waals surface area contributed by atoms with E-state index in [1.54, 1.807) is 0 Å². The Balaban J connectivity index is 0.00000112. The molecule has 2 heteroatoms. The highest BCUT2D eigenvalue weighted by molar-refractivity contribution is 4.66. The first-order valence-corrected chi connectivity index (χ1v) is 6.62. The van der Waals surface area contributed by atoms with Crippen LogP contribution in [0.25, 0.3) is 0 Å². The van der Waals surface area contributed by atoms with Gasteiger partial charge in [-0.15, -0.1) is 0 Å². The smallest absolute Gasteiger partial charge is 0.0813 e. The van der Waals surface area contributed by atoms with E-state index in [4.69, 9.17) is 0 Å². The lowest BCUT2D eigenvalue weighted by molar-refractivity contribution is -0.917. The second-order valence-corrected chi connectivity index (χ2v) is 5.81. The Labute approximate surface area is 112 Å². The summed E-state index contributed by atoms with van der Waals surface area (Å²) in [5, 5.41) is 0. The molecule has 0 aromatic rings. The average Bonchev–Trinajstić information content (AvgIpc) is 2.19. The van der Waals surface area contributed by atoms with Gasteiger partial charge in [0.25, 0.3) is 0 Å². The van der Waals surface area contributed by atoms with Crippen molar-refractivity contribution in [1.29, 1.82) is 0 Å². The highest BCUT2D eigenvalue weighted by Crippen LogP contribution is 2.28. The molecule has 0 aromatic heterocycles. The first kappa shape index (κ1) is 13.8. The minimum Gasteiger partial charge on any atom is -1.00 e. The fourth-order valence-electron chi connectivity index (χ4n) is 3.45. The van der Waals surface area contributed by atoms with Crippen LogP contribution in [0.15, 0.2) is 0 Å². The Kier molecular flexibility index (Phi) is 5.90. The minimum atomic E-state index is 0. The predicted molar refractivity (Wildman–Crippen MR) is 61.2 cm³/mol. The van der Waals surface area contributed by atoms with Crippen LogP contribution in [-0.2, 0) is 0 Å². The summed E-state index contributed by atoms with van der Waals surface area (Å²) in [7, 11) is 2.49. The number of likely N-dealkylation sites (tertiary alicyclic amines) is 1. The minimum absolute atomic E-state index is 0. The number of quaternary nitrogens is 1. The molecule has 1 aliphatic carbocycles. The van der Waals surface area contributed by atoms with Crippen LogP contribution in [0.5, 0.6) is 0 Å². The van der Waals surface area contributed by atoms with Gasteiger partial charge in [0, 0.05) is 5.92 Å². The van der Waals surface area contributed by atoms with Crippen molar-refractivity contribution in [3.63, 3.8) is 0 Å². The molecule has 2 rings (SSSR count). The third-order valence-corrected chi connectivity index (χ3v) is 4.32. The van der Waals surface area contributed by atoms with E-state index in [1.807, 2.05) is 0 Å². The molecule has 2 aliphatic rings. The fourth-order valence-corrected chi connectivity index (χ4v) is 3.45. The summed E-state index contributed by atoms with van der Waals surface area (Å²) >= 11 is 0. The normalized spacial score (nSPS) is 27.0. The number of piperidine rings is 1. The van der Waals surface area contributed by atoms with Gasteiger partial charge < -0.3 is 28.5 Å². The molecule has 15 heavy (non-hydrogen) atoms. The summed E-state index contributed by atoms with van der Waals surface area (Å²) < 4.78 is 1.39. The Morgan fingerprint density at radius 1 is 0.867 bits per heavy atom. The third-order valence-electron chi connectivity index (χ3n) is 4.32. The lowest BCUT2D eigenvalue weighted by Crippen LogP contribution is -3.00. The van der Waals surface area contributed by atoms with E-state index in [-0.39, 0.29) is 24.0 Å². The Morgan fingerprint density at radius 3 is 2.00 bits per heavy atom. The summed E-state index contributed by atoms with van der Waals surface area (Å²) in [5.74, 6) is 1.06. The van der Waals surface area contributed by atoms with Crippen molar-refractivity contribution >= 4 is 0 Å². The van der Waals surface area contributed by atoms with Crippen molar-refractivity contribution in [2.75, 3.05) is 26.7 Å². The first-order valence-electron chi connectivity index (χ1n) is 6.62. The van der Waals surface area contributed by atoms with Crippen molar-refractivity contribution in [2.24, 2.45) is 5.92 Å². The van der Waals surface area contributed by atoms with Gasteiger partial charge in [-0.2, -0.15) is 0 Å². The van der Waals surface area contributed by atoms with Crippen molar-refractivity contribution in [1.82, 2.24) is 0 Å². The standard InChI is InChI=1S/C13H26N.HI/c1-14(10-6-3-7-11-14)12-13-8-4-2-5-9-13;/h13H,2-12H2,1H3;1H/q+1;/p-1. The molecule has 90 valence electrons. The monoisotopic (exact) mass is 323 g/mol. The van der Waals surface area contributed by atoms with Gasteiger partial charge in [0.2, 0.25) is 0 Å². The SMILES string of the molecule is C[N+]1(CC2CCCCC2)CCCCC1.[I-]. The molecular weight excluding hydrogens is 297 g/mol. The van der Waals surface area contributed by atoms with E-state index < -0.39 is 0 Å². The molecule has 0 bridgehead atoms. The quantitative estimate of drug-likeness (QED) is 0.503. The molecule has 0 aromatic carbocycles. The molecule has 1 saturated heterocycles. The average molecular weight is 323 g/mol. The van der Waals surface area contributed by atoms with Gasteiger partial charge in [0.15, 0.2) is 0 Å². The maximum atomic E-state index is 2.49. The highest BCUT2D eigenvalue weighted by Gasteiger charge is 2.28. The van der Waals surface area contributed by atoms with Crippen LogP contribution >= 0.6 is 0 Å². The predicted octanol–water partition coefficient (Wildman–Crippen LogP) is 0.201. The summed E-state index contributed by atoms with van der Waals surface area (Å²) in [6, 6.07) is 0. The molecule has 0 amide bonds. The molecule has 0 spiro atoms. The van der Waals surface area contributed by atoms with E-state index in [0.717, 1.165) is 5.92 Å². The zero-order valence-corrected chi connectivity index (χ0v) is 12.3. The molecule has 0 radical (unpaired) electrons. The molecule has 2 fully saturated rings. The van der Waals surface area contributed by atoms with Gasteiger partial charge in [0.1, 0.15) is 0 Å². The number of halogens is 1. The molecule has 0 unspecified atom stereocenters. The van der Waals surface area contributed by atoms with E-state index >= 15 is 0 Å². The Bertz CT molecular complexity index is 169. The number of hydrogen-bond acceptors (Lipinski definition) is 0. The second-order valence-electron chi connectivity index (χ2n) is 5.81. The van der Waals surface area contributed by atoms with Crippen molar-refractivity contribution in [2.45, 2.75) is 51.4 Å². The maximum absolute atomic E-state index is 2.49. The van der Waals surface area contributed by atoms with Crippen LogP contribution in [0.4, 0.5) is 0 Å². The zero-order valence-electron chi connectivity index (χ0n) is 10.2. The molecule has 1 saturated carbocycles. The zero-order chi connectivity index (χ0) is 9.86. The number of nitrogens with zero attached hydrogens (tertiary/aromatic N) is 1. The van der Waals surface area contributed by atoms with E-state index in [9.17, 15) is 0 Å². The lowest BCUT2D eigenvalue weighted by atomic mass is 9.88. The van der Waals surface area contributed by atoms with Crippen LogP contribution in [-0.4, -0.2) is 31.2 Å². The summed E-state index contributed by atoms with van der Waals surface area (Å²) in [5.41, 5.74) is 0. The molecule has 1 nitrogen and oxygen atoms in total. The molecule has 0 atom stereocenters. The van der Waals surface area contributed by atoms with Gasteiger partial charge in [0.05, 0.1) is 26.7 Å². The molecular formula is C13H26IN. The highest BCUT2D eigenvalue weighted by atomic mass is 127. The van der Waals surface area contributed by atoms with Crippen LogP contribution in [0, 0.1) is 5.92 Å². The third kappa shape index (κ3) is 4.22. The van der Waals surface area contributed by atoms with E-state index in [2.05, 4.69) is 7.05 Å². The van der Waals surface area contributed by atoms with Gasteiger partial charge in [-0.1, -0.05) is 19.3 Å². The molecule has 0 N–H and O–H groups in total. The lowest BCUT2D eigenvalue weighted by Gasteiger charge is -2.41. The van der Waals surface area contributed by atoms with Crippen LogP contribution < -0.4 is 24.0 Å². The van der Waals surface area contributed by atoms with Crippen LogP contribution in [0.2, 0.25) is 0 Å². The number of rotatable bonds is 2. The van der Waals surface area contributed by atoms with E-state index in [0.29, 0.717) is 0 Å². The summed E-state index contributed by atoms with van der Waals surface area (Å²) in [6.07, 6.45) is 12.0. The van der Waals surface area contributed by atoms with Crippen LogP contribution in [0.1, 0.15) is 51.4 Å². The van der Waals surface area contributed by atoms with Gasteiger partial charge in [-0.3, -0.25) is 0 Å². The van der Waals surface area contributed by atoms with Gasteiger partial charge >= 0.3 is 0 Å². The largest absolute Gasteiger partial charge is 1.00 e. The maximum Gasteiger partial charge on any atom is 0.0813 e. The summed E-state index contributed by atoms with van der Waals surface area (Å²) in [4.78, 5) is 0.